The van der Waals surface area contributed by atoms with Gasteiger partial charge in [-0.25, -0.2) is 9.38 Å². The van der Waals surface area contributed by atoms with Gasteiger partial charge in [-0.05, 0) is 36.8 Å². The molecule has 0 amide bonds. The molecule has 32 heavy (non-hydrogen) atoms. The van der Waals surface area contributed by atoms with E-state index < -0.39 is 5.82 Å². The van der Waals surface area contributed by atoms with Gasteiger partial charge in [-0.3, -0.25) is 9.88 Å². The highest BCUT2D eigenvalue weighted by Gasteiger charge is 2.20. The van der Waals surface area contributed by atoms with Crippen LogP contribution >= 0.6 is 0 Å². The zero-order valence-corrected chi connectivity index (χ0v) is 18.1. The Kier molecular flexibility index (Phi) is 7.29. The van der Waals surface area contributed by atoms with Crippen LogP contribution in [0.4, 0.5) is 4.39 Å². The molecule has 168 valence electrons. The Balaban J connectivity index is 1.35. The van der Waals surface area contributed by atoms with Crippen molar-refractivity contribution in [2.24, 2.45) is 4.99 Å². The summed E-state index contributed by atoms with van der Waals surface area (Å²) >= 11 is 0. The lowest BCUT2D eigenvalue weighted by Crippen LogP contribution is -2.52. The molecule has 1 saturated heterocycles. The molecular weight excluding hydrogens is 411 g/mol. The number of aliphatic imine (C=N–C) groups is 1. The summed E-state index contributed by atoms with van der Waals surface area (Å²) in [5.41, 5.74) is 1.72. The van der Waals surface area contributed by atoms with Crippen molar-refractivity contribution in [3.05, 3.63) is 72.1 Å². The first-order valence-corrected chi connectivity index (χ1v) is 10.7. The SMILES string of the molecule is CCNC(=NCc1ccc(Oc2cccnc2)c(F)c1)N1CCN(Cc2ccon2)CC1. The van der Waals surface area contributed by atoms with Gasteiger partial charge < -0.3 is 19.5 Å². The number of benzene rings is 1. The number of nitrogens with zero attached hydrogens (tertiary/aromatic N) is 5. The van der Waals surface area contributed by atoms with E-state index in [4.69, 9.17) is 14.3 Å². The molecule has 0 atom stereocenters. The van der Waals surface area contributed by atoms with Crippen molar-refractivity contribution >= 4 is 5.96 Å². The maximum Gasteiger partial charge on any atom is 0.194 e. The molecule has 0 bridgehead atoms. The van der Waals surface area contributed by atoms with Gasteiger partial charge in [0.25, 0.3) is 0 Å². The molecule has 1 aliphatic heterocycles. The highest BCUT2D eigenvalue weighted by atomic mass is 19.1. The molecule has 0 spiro atoms. The second-order valence-corrected chi connectivity index (χ2v) is 7.48. The van der Waals surface area contributed by atoms with Crippen LogP contribution in [0.15, 0.2) is 64.6 Å². The third-order valence-electron chi connectivity index (χ3n) is 5.15. The van der Waals surface area contributed by atoms with Gasteiger partial charge in [-0.2, -0.15) is 0 Å². The zero-order valence-electron chi connectivity index (χ0n) is 18.1. The Labute approximate surface area is 186 Å². The minimum Gasteiger partial charge on any atom is -0.453 e. The fourth-order valence-corrected chi connectivity index (χ4v) is 3.52. The summed E-state index contributed by atoms with van der Waals surface area (Å²) in [7, 11) is 0. The summed E-state index contributed by atoms with van der Waals surface area (Å²) < 4.78 is 25.0. The van der Waals surface area contributed by atoms with Crippen molar-refractivity contribution < 1.29 is 13.7 Å². The Bertz CT molecular complexity index is 1000. The Hall–Kier alpha value is -3.46. The van der Waals surface area contributed by atoms with E-state index in [0.29, 0.717) is 12.3 Å². The first-order valence-electron chi connectivity index (χ1n) is 10.7. The molecule has 2 aromatic heterocycles. The Morgan fingerprint density at radius 3 is 2.78 bits per heavy atom. The van der Waals surface area contributed by atoms with Gasteiger partial charge in [0, 0.05) is 51.5 Å². The van der Waals surface area contributed by atoms with E-state index in [9.17, 15) is 4.39 Å². The fraction of sp³-hybridized carbons (Fsp3) is 0.348. The number of pyridine rings is 1. The third-order valence-corrected chi connectivity index (χ3v) is 5.15. The van der Waals surface area contributed by atoms with Crippen LogP contribution in [0.3, 0.4) is 0 Å². The molecule has 0 unspecified atom stereocenters. The first kappa shape index (κ1) is 21.8. The number of rotatable bonds is 7. The van der Waals surface area contributed by atoms with Gasteiger partial charge in [0.2, 0.25) is 0 Å². The molecule has 1 fully saturated rings. The highest BCUT2D eigenvalue weighted by Crippen LogP contribution is 2.24. The second kappa shape index (κ2) is 10.7. The predicted molar refractivity (Wildman–Crippen MR) is 119 cm³/mol. The van der Waals surface area contributed by atoms with Crippen molar-refractivity contribution in [3.63, 3.8) is 0 Å². The van der Waals surface area contributed by atoms with E-state index in [-0.39, 0.29) is 5.75 Å². The summed E-state index contributed by atoms with van der Waals surface area (Å²) in [5, 5.41) is 7.33. The largest absolute Gasteiger partial charge is 0.453 e. The van der Waals surface area contributed by atoms with E-state index in [0.717, 1.165) is 56.5 Å². The standard InChI is InChI=1S/C23H27FN6O2/c1-2-26-23(30-11-9-29(10-12-30)17-19-7-13-31-28-19)27-15-18-5-6-22(21(24)14-18)32-20-4-3-8-25-16-20/h3-8,13-14,16H,2,9-12,15,17H2,1H3,(H,26,27). The fourth-order valence-electron chi connectivity index (χ4n) is 3.52. The van der Waals surface area contributed by atoms with Crippen LogP contribution in [0.1, 0.15) is 18.2 Å². The Morgan fingerprint density at radius 2 is 2.09 bits per heavy atom. The van der Waals surface area contributed by atoms with Crippen LogP contribution < -0.4 is 10.1 Å². The van der Waals surface area contributed by atoms with Gasteiger partial charge in [0.1, 0.15) is 12.0 Å². The van der Waals surface area contributed by atoms with Gasteiger partial charge in [-0.1, -0.05) is 11.2 Å². The minimum absolute atomic E-state index is 0.167. The van der Waals surface area contributed by atoms with Crippen molar-refractivity contribution in [2.75, 3.05) is 32.7 Å². The molecule has 8 nitrogen and oxygen atoms in total. The molecule has 0 aliphatic carbocycles. The number of piperazine rings is 1. The van der Waals surface area contributed by atoms with Crippen LogP contribution in [-0.4, -0.2) is 58.6 Å². The summed E-state index contributed by atoms with van der Waals surface area (Å²) in [6, 6.07) is 10.3. The molecule has 0 saturated carbocycles. The van der Waals surface area contributed by atoms with Crippen molar-refractivity contribution in [3.8, 4) is 11.5 Å². The lowest BCUT2D eigenvalue weighted by atomic mass is 10.2. The van der Waals surface area contributed by atoms with Crippen molar-refractivity contribution in [1.29, 1.82) is 0 Å². The lowest BCUT2D eigenvalue weighted by molar-refractivity contribution is 0.169. The average Bonchev–Trinajstić information content (AvgIpc) is 3.33. The summed E-state index contributed by atoms with van der Waals surface area (Å²) in [5.74, 6) is 1.08. The number of ether oxygens (including phenoxy) is 1. The summed E-state index contributed by atoms with van der Waals surface area (Å²) in [6.45, 7) is 7.51. The maximum atomic E-state index is 14.5. The van der Waals surface area contributed by atoms with Crippen molar-refractivity contribution in [2.45, 2.75) is 20.0 Å². The number of aromatic nitrogens is 2. The predicted octanol–water partition coefficient (Wildman–Crippen LogP) is 3.28. The normalized spacial score (nSPS) is 15.1. The van der Waals surface area contributed by atoms with Gasteiger partial charge >= 0.3 is 0 Å². The average molecular weight is 439 g/mol. The molecule has 3 aromatic rings. The van der Waals surface area contributed by atoms with Crippen LogP contribution in [0.25, 0.3) is 0 Å². The number of guanidine groups is 1. The molecule has 3 heterocycles. The highest BCUT2D eigenvalue weighted by molar-refractivity contribution is 5.80. The first-order chi connectivity index (χ1) is 15.7. The maximum absolute atomic E-state index is 14.5. The zero-order chi connectivity index (χ0) is 22.2. The van der Waals surface area contributed by atoms with E-state index in [1.807, 2.05) is 19.1 Å². The number of nitrogens with one attached hydrogen (secondary N) is 1. The minimum atomic E-state index is -0.423. The van der Waals surface area contributed by atoms with Gasteiger partial charge in [0.15, 0.2) is 17.5 Å². The molecular formula is C23H27FN6O2. The molecule has 1 aromatic carbocycles. The monoisotopic (exact) mass is 438 g/mol. The van der Waals surface area contributed by atoms with Crippen LogP contribution in [0.2, 0.25) is 0 Å². The second-order valence-electron chi connectivity index (χ2n) is 7.48. The van der Waals surface area contributed by atoms with E-state index in [2.05, 4.69) is 25.3 Å². The Morgan fingerprint density at radius 1 is 1.22 bits per heavy atom. The molecule has 1 N–H and O–H groups in total. The van der Waals surface area contributed by atoms with E-state index in [1.165, 1.54) is 6.07 Å². The number of halogens is 1. The van der Waals surface area contributed by atoms with Crippen LogP contribution in [0.5, 0.6) is 11.5 Å². The van der Waals surface area contributed by atoms with Gasteiger partial charge in [0.05, 0.1) is 18.4 Å². The quantitative estimate of drug-likeness (QED) is 0.448. The van der Waals surface area contributed by atoms with E-state index >= 15 is 0 Å². The summed E-state index contributed by atoms with van der Waals surface area (Å²) in [4.78, 5) is 13.3. The van der Waals surface area contributed by atoms with Crippen LogP contribution in [-0.2, 0) is 13.1 Å². The number of hydrogen-bond donors (Lipinski definition) is 1. The molecule has 1 aliphatic rings. The third kappa shape index (κ3) is 5.82. The van der Waals surface area contributed by atoms with E-state index in [1.54, 1.807) is 36.9 Å². The number of hydrogen-bond acceptors (Lipinski definition) is 6. The molecule has 0 radical (unpaired) electrons. The molecule has 4 rings (SSSR count). The smallest absolute Gasteiger partial charge is 0.194 e. The van der Waals surface area contributed by atoms with Crippen LogP contribution in [0, 0.1) is 5.82 Å². The topological polar surface area (TPSA) is 79.0 Å². The summed E-state index contributed by atoms with van der Waals surface area (Å²) in [6.07, 6.45) is 4.79. The lowest BCUT2D eigenvalue weighted by Gasteiger charge is -2.36. The van der Waals surface area contributed by atoms with Crippen molar-refractivity contribution in [1.82, 2.24) is 25.3 Å². The molecule has 9 heteroatoms. The van der Waals surface area contributed by atoms with Gasteiger partial charge in [-0.15, -0.1) is 0 Å².